The van der Waals surface area contributed by atoms with Gasteiger partial charge in [0, 0.05) is 18.8 Å². The number of nitrogens with one attached hydrogen (secondary N) is 1. The molecular formula is C19H34IN3O. The quantitative estimate of drug-likeness (QED) is 0.302. The largest absolute Gasteiger partial charge is 0.396 e. The molecule has 0 saturated heterocycles. The second-order valence-electron chi connectivity index (χ2n) is 6.52. The van der Waals surface area contributed by atoms with Crippen molar-refractivity contribution < 1.29 is 5.11 Å². The number of halogens is 1. The van der Waals surface area contributed by atoms with Crippen molar-refractivity contribution in [2.45, 2.75) is 53.4 Å². The average Bonchev–Trinajstić information content (AvgIpc) is 2.52. The van der Waals surface area contributed by atoms with Gasteiger partial charge in [-0.25, -0.2) is 0 Å². The van der Waals surface area contributed by atoms with Crippen molar-refractivity contribution in [3.63, 3.8) is 0 Å². The van der Waals surface area contributed by atoms with Crippen LogP contribution in [0.2, 0.25) is 0 Å². The van der Waals surface area contributed by atoms with Crippen molar-refractivity contribution >= 4 is 35.6 Å². The van der Waals surface area contributed by atoms with Gasteiger partial charge >= 0.3 is 0 Å². The monoisotopic (exact) mass is 447 g/mol. The summed E-state index contributed by atoms with van der Waals surface area (Å²) in [5, 5.41) is 12.5. The summed E-state index contributed by atoms with van der Waals surface area (Å²) in [4.78, 5) is 4.51. The van der Waals surface area contributed by atoms with E-state index in [4.69, 9.17) is 5.73 Å². The van der Waals surface area contributed by atoms with Gasteiger partial charge in [-0.1, -0.05) is 45.9 Å². The molecule has 0 bridgehead atoms. The van der Waals surface area contributed by atoms with Crippen LogP contribution in [-0.4, -0.2) is 24.2 Å². The number of aliphatic hydroxyl groups is 1. The fraction of sp³-hybridized carbons (Fsp3) is 0.632. The Balaban J connectivity index is 0.00000529. The number of aryl methyl sites for hydroxylation is 2. The molecule has 138 valence electrons. The molecule has 0 aromatic heterocycles. The van der Waals surface area contributed by atoms with Crippen molar-refractivity contribution in [3.05, 3.63) is 29.3 Å². The molecule has 1 atom stereocenters. The van der Waals surface area contributed by atoms with E-state index in [9.17, 15) is 5.11 Å². The van der Waals surface area contributed by atoms with E-state index in [1.807, 2.05) is 0 Å². The lowest BCUT2D eigenvalue weighted by molar-refractivity contribution is 0.246. The molecule has 1 aromatic rings. The highest BCUT2D eigenvalue weighted by molar-refractivity contribution is 14.0. The van der Waals surface area contributed by atoms with Crippen LogP contribution in [0.4, 0.5) is 5.69 Å². The third-order valence-electron chi connectivity index (χ3n) is 4.11. The molecular weight excluding hydrogens is 413 g/mol. The van der Waals surface area contributed by atoms with Gasteiger partial charge in [-0.05, 0) is 48.6 Å². The van der Waals surface area contributed by atoms with Crippen LogP contribution in [0.15, 0.2) is 23.2 Å². The molecule has 4 N–H and O–H groups in total. The van der Waals surface area contributed by atoms with Crippen LogP contribution in [0.3, 0.4) is 0 Å². The predicted molar refractivity (Wildman–Crippen MR) is 115 cm³/mol. The highest BCUT2D eigenvalue weighted by atomic mass is 127. The van der Waals surface area contributed by atoms with Gasteiger partial charge in [-0.3, -0.25) is 4.99 Å². The maximum absolute atomic E-state index is 9.19. The standard InChI is InChI=1S/C19H33N3O.HI/c1-5-16-8-7-9-17(6-2)18(16)22-19(20)21-13-15(10-11-23)12-14(3)4;/h7-9,14-15,23H,5-6,10-13H2,1-4H3,(H3,20,21,22);1H. The third kappa shape index (κ3) is 7.83. The van der Waals surface area contributed by atoms with E-state index in [1.165, 1.54) is 11.1 Å². The first-order valence-electron chi connectivity index (χ1n) is 8.80. The first-order valence-corrected chi connectivity index (χ1v) is 8.80. The summed E-state index contributed by atoms with van der Waals surface area (Å²) in [7, 11) is 0. The molecule has 0 aliphatic rings. The van der Waals surface area contributed by atoms with Gasteiger partial charge in [0.05, 0.1) is 0 Å². The van der Waals surface area contributed by atoms with E-state index >= 15 is 0 Å². The molecule has 0 aliphatic carbocycles. The van der Waals surface area contributed by atoms with Gasteiger partial charge in [0.2, 0.25) is 0 Å². The maximum Gasteiger partial charge on any atom is 0.193 e. The van der Waals surface area contributed by atoms with Crippen LogP contribution in [0.25, 0.3) is 0 Å². The number of para-hydroxylation sites is 1. The van der Waals surface area contributed by atoms with Crippen LogP contribution >= 0.6 is 24.0 Å². The van der Waals surface area contributed by atoms with Crippen LogP contribution in [-0.2, 0) is 12.8 Å². The molecule has 24 heavy (non-hydrogen) atoms. The summed E-state index contributed by atoms with van der Waals surface area (Å²) >= 11 is 0. The van der Waals surface area contributed by atoms with Gasteiger partial charge in [0.15, 0.2) is 5.96 Å². The van der Waals surface area contributed by atoms with Crippen molar-refractivity contribution in [2.75, 3.05) is 18.5 Å². The summed E-state index contributed by atoms with van der Waals surface area (Å²) in [6.45, 7) is 9.55. The smallest absolute Gasteiger partial charge is 0.193 e. The summed E-state index contributed by atoms with van der Waals surface area (Å²) < 4.78 is 0. The second kappa shape index (κ2) is 12.5. The number of guanidine groups is 1. The Kier molecular flexibility index (Phi) is 12.1. The Hall–Kier alpha value is -0.820. The normalized spacial score (nSPS) is 12.8. The summed E-state index contributed by atoms with van der Waals surface area (Å²) in [6.07, 6.45) is 3.76. The van der Waals surface area contributed by atoms with Gasteiger partial charge < -0.3 is 16.2 Å². The molecule has 0 spiro atoms. The maximum atomic E-state index is 9.19. The fourth-order valence-corrected chi connectivity index (χ4v) is 2.93. The van der Waals surface area contributed by atoms with Crippen molar-refractivity contribution in [3.8, 4) is 0 Å². The first kappa shape index (κ1) is 23.2. The van der Waals surface area contributed by atoms with E-state index in [1.54, 1.807) is 0 Å². The molecule has 0 radical (unpaired) electrons. The minimum absolute atomic E-state index is 0. The number of benzene rings is 1. The molecule has 5 heteroatoms. The van der Waals surface area contributed by atoms with Crippen LogP contribution < -0.4 is 11.1 Å². The number of aliphatic imine (C=N–C) groups is 1. The SMILES string of the molecule is CCc1cccc(CC)c1NC(N)=NCC(CCO)CC(C)C.I. The summed E-state index contributed by atoms with van der Waals surface area (Å²) in [5.41, 5.74) is 9.72. The Bertz CT molecular complexity index is 481. The zero-order chi connectivity index (χ0) is 17.2. The molecule has 0 heterocycles. The Labute approximate surface area is 164 Å². The minimum atomic E-state index is 0. The number of hydrogen-bond donors (Lipinski definition) is 3. The molecule has 0 saturated carbocycles. The highest BCUT2D eigenvalue weighted by Gasteiger charge is 2.11. The lowest BCUT2D eigenvalue weighted by atomic mass is 9.94. The fourth-order valence-electron chi connectivity index (χ4n) is 2.93. The lowest BCUT2D eigenvalue weighted by Crippen LogP contribution is -2.25. The number of nitrogens with two attached hydrogens (primary N) is 1. The molecule has 1 unspecified atom stereocenters. The Morgan fingerprint density at radius 2 is 1.79 bits per heavy atom. The minimum Gasteiger partial charge on any atom is -0.396 e. The Morgan fingerprint density at radius 3 is 2.25 bits per heavy atom. The zero-order valence-electron chi connectivity index (χ0n) is 15.5. The van der Waals surface area contributed by atoms with Gasteiger partial charge in [0.1, 0.15) is 0 Å². The van der Waals surface area contributed by atoms with E-state index in [0.717, 1.165) is 31.4 Å². The molecule has 0 amide bonds. The number of nitrogens with zero attached hydrogens (tertiary/aromatic N) is 1. The molecule has 4 nitrogen and oxygen atoms in total. The third-order valence-corrected chi connectivity index (χ3v) is 4.11. The first-order chi connectivity index (χ1) is 11.0. The number of rotatable bonds is 9. The van der Waals surface area contributed by atoms with Crippen LogP contribution in [0, 0.1) is 11.8 Å². The predicted octanol–water partition coefficient (Wildman–Crippen LogP) is 4.20. The summed E-state index contributed by atoms with van der Waals surface area (Å²) in [6, 6.07) is 6.35. The average molecular weight is 447 g/mol. The molecule has 1 rings (SSSR count). The van der Waals surface area contributed by atoms with E-state index in [-0.39, 0.29) is 30.6 Å². The van der Waals surface area contributed by atoms with Gasteiger partial charge in [-0.15, -0.1) is 24.0 Å². The summed E-state index contributed by atoms with van der Waals surface area (Å²) in [5.74, 6) is 1.45. The van der Waals surface area contributed by atoms with Crippen molar-refractivity contribution in [1.82, 2.24) is 0 Å². The lowest BCUT2D eigenvalue weighted by Gasteiger charge is -2.17. The molecule has 0 aliphatic heterocycles. The highest BCUT2D eigenvalue weighted by Crippen LogP contribution is 2.22. The topological polar surface area (TPSA) is 70.6 Å². The molecule has 0 fully saturated rings. The number of aliphatic hydroxyl groups excluding tert-OH is 1. The van der Waals surface area contributed by atoms with Crippen molar-refractivity contribution in [2.24, 2.45) is 22.6 Å². The van der Waals surface area contributed by atoms with E-state index < -0.39 is 0 Å². The van der Waals surface area contributed by atoms with Crippen LogP contribution in [0.1, 0.15) is 51.7 Å². The second-order valence-corrected chi connectivity index (χ2v) is 6.52. The van der Waals surface area contributed by atoms with Crippen LogP contribution in [0.5, 0.6) is 0 Å². The number of hydrogen-bond acceptors (Lipinski definition) is 2. The van der Waals surface area contributed by atoms with Gasteiger partial charge in [-0.2, -0.15) is 0 Å². The number of anilines is 1. The van der Waals surface area contributed by atoms with Gasteiger partial charge in [0.25, 0.3) is 0 Å². The molecule has 1 aromatic carbocycles. The van der Waals surface area contributed by atoms with E-state index in [2.05, 4.69) is 56.2 Å². The van der Waals surface area contributed by atoms with Crippen molar-refractivity contribution in [1.29, 1.82) is 0 Å². The Morgan fingerprint density at radius 1 is 1.21 bits per heavy atom. The zero-order valence-corrected chi connectivity index (χ0v) is 17.8. The van der Waals surface area contributed by atoms with E-state index in [0.29, 0.717) is 24.3 Å².